The van der Waals surface area contributed by atoms with Gasteiger partial charge in [-0.25, -0.2) is 9.97 Å². The van der Waals surface area contributed by atoms with E-state index < -0.39 is 0 Å². The molecule has 5 aromatic carbocycles. The van der Waals surface area contributed by atoms with Crippen molar-refractivity contribution in [3.05, 3.63) is 199 Å². The molecule has 0 fully saturated rings. The number of hydrogen-bond acceptors (Lipinski definition) is 4. The van der Waals surface area contributed by atoms with E-state index in [0.717, 1.165) is 106 Å². The Hall–Kier alpha value is -7.10. The van der Waals surface area contributed by atoms with Crippen LogP contribution in [-0.2, 0) is 30.0 Å². The zero-order valence-corrected chi connectivity index (χ0v) is 46.0. The largest absolute Gasteiger partial charge is 2.00 e. The van der Waals surface area contributed by atoms with Crippen LogP contribution in [0, 0.1) is 74.2 Å². The molecule has 0 amide bonds. The minimum absolute atomic E-state index is 0. The van der Waals surface area contributed by atoms with Crippen molar-refractivity contribution in [1.29, 1.82) is 0 Å². The van der Waals surface area contributed by atoms with Crippen LogP contribution >= 0.6 is 11.8 Å². The van der Waals surface area contributed by atoms with Crippen LogP contribution in [0.1, 0.15) is 96.5 Å². The molecule has 2 aliphatic heterocycles. The Kier molecular flexibility index (Phi) is 13.7. The molecule has 8 aromatic rings. The molecule has 344 valence electrons. The van der Waals surface area contributed by atoms with Crippen molar-refractivity contribution >= 4 is 63.2 Å². The molecular weight excluding hydrogens is 938 g/mol. The number of benzene rings is 5. The average Bonchev–Trinajstić information content (AvgIpc) is 4.16. The molecule has 0 atom stereocenters. The predicted octanol–water partition coefficient (Wildman–Crippen LogP) is 15.5. The minimum atomic E-state index is 0. The summed E-state index contributed by atoms with van der Waals surface area (Å²) < 4.78 is 0. The van der Waals surface area contributed by atoms with E-state index in [1.54, 1.807) is 6.92 Å². The Morgan fingerprint density at radius 2 is 0.746 bits per heavy atom. The number of nitrogens with zero attached hydrogens (tertiary/aromatic N) is 4. The molecule has 3 aromatic heterocycles. The molecule has 0 spiro atoms. The third kappa shape index (κ3) is 9.72. The van der Waals surface area contributed by atoms with Gasteiger partial charge >= 0.3 is 19.5 Å². The summed E-state index contributed by atoms with van der Waals surface area (Å²) >= 11 is 1.31. The maximum absolute atomic E-state index is 11.5. The fourth-order valence-corrected chi connectivity index (χ4v) is 11.2. The molecule has 0 aliphatic carbocycles. The van der Waals surface area contributed by atoms with Gasteiger partial charge < -0.3 is 9.97 Å². The Morgan fingerprint density at radius 1 is 0.437 bits per heavy atom. The summed E-state index contributed by atoms with van der Waals surface area (Å²) in [6, 6.07) is 38.6. The van der Waals surface area contributed by atoms with Gasteiger partial charge in [-0.2, -0.15) is 0 Å². The zero-order chi connectivity index (χ0) is 49.0. The molecule has 5 nitrogen and oxygen atoms in total. The normalized spacial score (nSPS) is 11.6. The first-order chi connectivity index (χ1) is 33.7. The summed E-state index contributed by atoms with van der Waals surface area (Å²) in [5.74, 6) is 7.36. The average molecular weight is 993 g/mol. The van der Waals surface area contributed by atoms with Crippen LogP contribution in [-0.4, -0.2) is 15.1 Å². The number of fused-ring (bicyclic) bond motifs is 8. The number of hydrogen-bond donors (Lipinski definition) is 0. The standard InChI is InChI=1S/C64H54N4OS.Zn/c1-36-29-39(4)58(40(5)30-36)62-52-23-21-50(65-52)61(49-19-17-47(18-20-49)12-11-46-13-15-48(16-14-46)35-70-45(10)69)51-22-24-53(66-51)63(59-41(6)31-37(2)32-42(59)7)55-26-28-57(68-55)64(56-27-25-54(62)67-56)60-43(8)33-38(3)34-44(60)9;/h13-34H,35H2,1-10H3;/q-2;+2. The summed E-state index contributed by atoms with van der Waals surface area (Å²) in [7, 11) is 0. The fraction of sp³-hybridized carbons (Fsp3) is 0.172. The molecule has 5 heterocycles. The Bertz CT molecular complexity index is 3660. The second kappa shape index (κ2) is 20.0. The second-order valence-electron chi connectivity index (χ2n) is 19.0. The van der Waals surface area contributed by atoms with Crippen molar-refractivity contribution in [2.24, 2.45) is 0 Å². The van der Waals surface area contributed by atoms with E-state index in [4.69, 9.17) is 19.9 Å². The van der Waals surface area contributed by atoms with Crippen LogP contribution in [0.4, 0.5) is 0 Å². The number of carbonyl (C=O) groups excluding carboxylic acids is 1. The first-order valence-electron chi connectivity index (χ1n) is 23.8. The van der Waals surface area contributed by atoms with E-state index in [1.165, 1.54) is 61.8 Å². The number of thioether (sulfide) groups is 1. The molecule has 0 radical (unpaired) electrons. The van der Waals surface area contributed by atoms with Crippen LogP contribution in [0.15, 0.2) is 109 Å². The molecule has 0 N–H and O–H groups in total. The van der Waals surface area contributed by atoms with Gasteiger partial charge in [0.1, 0.15) is 0 Å². The van der Waals surface area contributed by atoms with Crippen molar-refractivity contribution in [3.63, 3.8) is 0 Å². The molecule has 7 heteroatoms. The van der Waals surface area contributed by atoms with E-state index in [-0.39, 0.29) is 24.6 Å². The molecule has 0 saturated heterocycles. The van der Waals surface area contributed by atoms with Gasteiger partial charge in [0.05, 0.1) is 22.8 Å². The van der Waals surface area contributed by atoms with Crippen LogP contribution in [0.5, 0.6) is 0 Å². The van der Waals surface area contributed by atoms with Crippen molar-refractivity contribution in [2.45, 2.75) is 75.0 Å². The number of rotatable bonds is 6. The van der Waals surface area contributed by atoms with Gasteiger partial charge in [0.25, 0.3) is 0 Å². The summed E-state index contributed by atoms with van der Waals surface area (Å²) in [5, 5.41) is 0.113. The Morgan fingerprint density at radius 3 is 1.08 bits per heavy atom. The summed E-state index contributed by atoms with van der Waals surface area (Å²) in [6.07, 6.45) is 8.59. The van der Waals surface area contributed by atoms with Gasteiger partial charge in [0.15, 0.2) is 5.12 Å². The number of aromatic nitrogens is 4. The molecular formula is C64H54N4OSZn. The van der Waals surface area contributed by atoms with E-state index in [0.29, 0.717) is 5.75 Å². The smallest absolute Gasteiger partial charge is 0.657 e. The van der Waals surface area contributed by atoms with Gasteiger partial charge in [-0.15, -0.1) is 22.1 Å². The first kappa shape index (κ1) is 48.9. The summed E-state index contributed by atoms with van der Waals surface area (Å²) in [6.45, 7) is 21.2. The fourth-order valence-electron chi connectivity index (χ4n) is 10.6. The maximum Gasteiger partial charge on any atom is 2.00 e. The van der Waals surface area contributed by atoms with Gasteiger partial charge in [-0.3, -0.25) is 4.79 Å². The monoisotopic (exact) mass is 990 g/mol. The molecule has 10 rings (SSSR count). The van der Waals surface area contributed by atoms with Crippen molar-refractivity contribution in [2.75, 3.05) is 0 Å². The minimum Gasteiger partial charge on any atom is -0.657 e. The first-order valence-corrected chi connectivity index (χ1v) is 24.8. The molecule has 0 unspecified atom stereocenters. The van der Waals surface area contributed by atoms with Gasteiger partial charge in [0.2, 0.25) is 0 Å². The Balaban J connectivity index is 0.00000624. The summed E-state index contributed by atoms with van der Waals surface area (Å²) in [4.78, 5) is 33.8. The Labute approximate surface area is 434 Å². The van der Waals surface area contributed by atoms with Gasteiger partial charge in [-0.1, -0.05) is 125 Å². The second-order valence-corrected chi connectivity index (χ2v) is 20.1. The van der Waals surface area contributed by atoms with Crippen LogP contribution in [0.25, 0.3) is 90.9 Å². The topological polar surface area (TPSA) is 71.1 Å². The third-order valence-electron chi connectivity index (χ3n) is 13.3. The van der Waals surface area contributed by atoms with Crippen LogP contribution < -0.4 is 9.97 Å². The van der Waals surface area contributed by atoms with E-state index in [1.807, 2.05) is 24.3 Å². The predicted molar refractivity (Wildman–Crippen MR) is 296 cm³/mol. The SMILES string of the molecule is CC(=O)SCc1ccc(C#Cc2ccc(-c3c4nc(c(-c5c(C)cc(C)cc5C)c5ccc([n-]5)c(-c5c(C)cc(C)cc5C)c5nc(c(-c6c(C)cc(C)cc6C)c6ccc3[n-]6)C=C5)C=C4)cc2)cc1.[Zn+2]. The van der Waals surface area contributed by atoms with E-state index in [2.05, 4.69) is 183 Å². The number of carbonyl (C=O) groups is 1. The van der Waals surface area contributed by atoms with E-state index >= 15 is 0 Å². The van der Waals surface area contributed by atoms with Crippen molar-refractivity contribution < 1.29 is 24.3 Å². The molecule has 71 heavy (non-hydrogen) atoms. The van der Waals surface area contributed by atoms with Crippen molar-refractivity contribution in [3.8, 4) is 56.3 Å². The number of aryl methyl sites for hydroxylation is 9. The van der Waals surface area contributed by atoms with Crippen LogP contribution in [0.2, 0.25) is 0 Å². The molecule has 2 aliphatic rings. The zero-order valence-electron chi connectivity index (χ0n) is 42.2. The third-order valence-corrected chi connectivity index (χ3v) is 14.2. The molecule has 0 saturated carbocycles. The quantitative estimate of drug-likeness (QED) is 0.122. The van der Waals surface area contributed by atoms with Crippen LogP contribution in [0.3, 0.4) is 0 Å². The van der Waals surface area contributed by atoms with Crippen molar-refractivity contribution in [1.82, 2.24) is 19.9 Å². The molecule has 8 bridgehead atoms. The van der Waals surface area contributed by atoms with Gasteiger partial charge in [-0.05, 0) is 194 Å². The van der Waals surface area contributed by atoms with Gasteiger partial charge in [0, 0.05) is 23.8 Å². The maximum atomic E-state index is 11.5. The summed E-state index contributed by atoms with van der Waals surface area (Å²) in [5.41, 5.74) is 28.6. The van der Waals surface area contributed by atoms with E-state index in [9.17, 15) is 4.79 Å².